The van der Waals surface area contributed by atoms with Crippen LogP contribution in [0.2, 0.25) is 0 Å². The van der Waals surface area contributed by atoms with Crippen molar-refractivity contribution in [3.05, 3.63) is 95.6 Å². The lowest BCUT2D eigenvalue weighted by atomic mass is 9.75. The maximum absolute atomic E-state index is 13.0. The van der Waals surface area contributed by atoms with Crippen molar-refractivity contribution in [2.75, 3.05) is 19.1 Å². The van der Waals surface area contributed by atoms with Gasteiger partial charge in [0, 0.05) is 11.4 Å². The van der Waals surface area contributed by atoms with Gasteiger partial charge in [0.1, 0.15) is 5.75 Å². The number of ether oxygens (including phenoxy) is 2. The van der Waals surface area contributed by atoms with Crippen LogP contribution in [0.1, 0.15) is 36.6 Å². The van der Waals surface area contributed by atoms with Crippen LogP contribution in [0.25, 0.3) is 11.8 Å². The highest BCUT2D eigenvalue weighted by Gasteiger charge is 2.46. The first-order chi connectivity index (χ1) is 15.0. The quantitative estimate of drug-likeness (QED) is 0.484. The zero-order valence-electron chi connectivity index (χ0n) is 18.3. The number of carbonyl (C=O) groups is 1. The molecule has 1 aliphatic rings. The first-order valence-corrected chi connectivity index (χ1v) is 10.3. The molecule has 0 fully saturated rings. The van der Waals surface area contributed by atoms with E-state index < -0.39 is 5.41 Å². The molecule has 4 heteroatoms. The van der Waals surface area contributed by atoms with Crippen LogP contribution in [0, 0.1) is 5.41 Å². The van der Waals surface area contributed by atoms with Crippen molar-refractivity contribution in [1.82, 2.24) is 0 Å². The number of hydrogen-bond acceptors (Lipinski definition) is 4. The average Bonchev–Trinajstić information content (AvgIpc) is 2.82. The Hall–Kier alpha value is -3.53. The van der Waals surface area contributed by atoms with E-state index >= 15 is 0 Å². The van der Waals surface area contributed by atoms with Crippen LogP contribution in [0.4, 0.5) is 5.69 Å². The Bertz CT molecular complexity index is 1100. The summed E-state index contributed by atoms with van der Waals surface area (Å²) in [6.07, 6.45) is 2.19. The lowest BCUT2D eigenvalue weighted by Gasteiger charge is -2.46. The highest BCUT2D eigenvalue weighted by atomic mass is 16.5. The fraction of sp³-hybridized carbons (Fsp3) is 0.222. The third-order valence-electron chi connectivity index (χ3n) is 5.92. The van der Waals surface area contributed by atoms with Crippen LogP contribution in [0.5, 0.6) is 5.75 Å². The molecule has 3 aromatic rings. The molecule has 4 rings (SSSR count). The second-order valence-corrected chi connectivity index (χ2v) is 8.21. The summed E-state index contributed by atoms with van der Waals surface area (Å²) in [4.78, 5) is 15.2. The van der Waals surface area contributed by atoms with E-state index in [9.17, 15) is 4.79 Å². The third-order valence-corrected chi connectivity index (χ3v) is 5.92. The number of benzene rings is 3. The van der Waals surface area contributed by atoms with E-state index in [2.05, 4.69) is 35.2 Å². The molecule has 0 spiro atoms. The number of rotatable bonds is 5. The van der Waals surface area contributed by atoms with Crippen molar-refractivity contribution < 1.29 is 14.3 Å². The monoisotopic (exact) mass is 413 g/mol. The molecule has 0 saturated carbocycles. The molecule has 0 amide bonds. The fourth-order valence-corrected chi connectivity index (χ4v) is 4.33. The predicted molar refractivity (Wildman–Crippen MR) is 125 cm³/mol. The Kier molecular flexibility index (Phi) is 5.55. The summed E-state index contributed by atoms with van der Waals surface area (Å²) in [6, 6.07) is 26.2. The van der Waals surface area contributed by atoms with E-state index in [0.717, 1.165) is 33.8 Å². The van der Waals surface area contributed by atoms with E-state index in [1.54, 1.807) is 7.11 Å². The van der Waals surface area contributed by atoms with Gasteiger partial charge in [-0.3, -0.25) is 4.79 Å². The van der Waals surface area contributed by atoms with Crippen LogP contribution in [-0.4, -0.2) is 20.2 Å². The van der Waals surface area contributed by atoms with Crippen molar-refractivity contribution in [3.63, 3.8) is 0 Å². The molecular weight excluding hydrogens is 386 g/mol. The Morgan fingerprint density at radius 3 is 2.16 bits per heavy atom. The van der Waals surface area contributed by atoms with E-state index in [4.69, 9.17) is 9.47 Å². The summed E-state index contributed by atoms with van der Waals surface area (Å²) in [7, 11) is 3.11. The smallest absolute Gasteiger partial charge is 0.313 e. The van der Waals surface area contributed by atoms with Gasteiger partial charge in [-0.2, -0.15) is 0 Å². The van der Waals surface area contributed by atoms with Crippen LogP contribution in [0.15, 0.2) is 78.9 Å². The summed E-state index contributed by atoms with van der Waals surface area (Å²) in [5.41, 5.74) is 4.48. The SMILES string of the molecule is COC(=O)C(C)(C)C1c2ccccc2C=C(c2ccccc2)N1c1ccc(OC)cc1. The van der Waals surface area contributed by atoms with Crippen molar-refractivity contribution >= 4 is 23.4 Å². The maximum atomic E-state index is 13.0. The predicted octanol–water partition coefficient (Wildman–Crippen LogP) is 5.95. The number of anilines is 1. The lowest BCUT2D eigenvalue weighted by molar-refractivity contribution is -0.152. The molecule has 0 radical (unpaired) electrons. The minimum Gasteiger partial charge on any atom is -0.497 e. The molecule has 0 aromatic heterocycles. The third kappa shape index (κ3) is 3.70. The highest BCUT2D eigenvalue weighted by Crippen LogP contribution is 2.50. The van der Waals surface area contributed by atoms with Gasteiger partial charge in [-0.25, -0.2) is 0 Å². The Morgan fingerprint density at radius 1 is 0.871 bits per heavy atom. The van der Waals surface area contributed by atoms with Crippen molar-refractivity contribution in [1.29, 1.82) is 0 Å². The van der Waals surface area contributed by atoms with E-state index in [-0.39, 0.29) is 12.0 Å². The Balaban J connectivity index is 1.99. The number of carbonyl (C=O) groups excluding carboxylic acids is 1. The molecule has 1 unspecified atom stereocenters. The number of methoxy groups -OCH3 is 2. The molecule has 158 valence electrons. The minimum absolute atomic E-state index is 0.250. The average molecular weight is 414 g/mol. The van der Waals surface area contributed by atoms with Crippen LogP contribution >= 0.6 is 0 Å². The Labute approximate surface area is 183 Å². The fourth-order valence-electron chi connectivity index (χ4n) is 4.33. The number of fused-ring (bicyclic) bond motifs is 1. The minimum atomic E-state index is -0.806. The van der Waals surface area contributed by atoms with Gasteiger partial charge in [-0.05, 0) is 60.9 Å². The topological polar surface area (TPSA) is 38.8 Å². The lowest BCUT2D eigenvalue weighted by Crippen LogP contribution is -2.44. The summed E-state index contributed by atoms with van der Waals surface area (Å²) in [5.74, 6) is 0.537. The molecule has 0 saturated heterocycles. The van der Waals surface area contributed by atoms with E-state index in [1.165, 1.54) is 7.11 Å². The van der Waals surface area contributed by atoms with Gasteiger partial charge < -0.3 is 14.4 Å². The molecule has 0 N–H and O–H groups in total. The van der Waals surface area contributed by atoms with E-state index in [0.29, 0.717) is 0 Å². The number of esters is 1. The van der Waals surface area contributed by atoms with Gasteiger partial charge in [0.2, 0.25) is 0 Å². The maximum Gasteiger partial charge on any atom is 0.313 e. The van der Waals surface area contributed by atoms with Gasteiger partial charge in [0.05, 0.1) is 25.7 Å². The van der Waals surface area contributed by atoms with E-state index in [1.807, 2.05) is 68.4 Å². The zero-order chi connectivity index (χ0) is 22.0. The standard InChI is InChI=1S/C27H27NO3/c1-27(2,26(29)31-4)25-23-13-9-8-12-20(23)18-24(19-10-6-5-7-11-19)28(25)21-14-16-22(30-3)17-15-21/h5-18,25H,1-4H3. The molecule has 3 aromatic carbocycles. The van der Waals surface area contributed by atoms with Gasteiger partial charge in [-0.1, -0.05) is 54.6 Å². The molecule has 31 heavy (non-hydrogen) atoms. The normalized spacial score (nSPS) is 15.7. The van der Waals surface area contributed by atoms with Crippen molar-refractivity contribution in [2.24, 2.45) is 5.41 Å². The molecule has 4 nitrogen and oxygen atoms in total. The molecule has 1 aliphatic heterocycles. The molecular formula is C27H27NO3. The highest BCUT2D eigenvalue weighted by molar-refractivity contribution is 5.95. The number of nitrogens with zero attached hydrogens (tertiary/aromatic N) is 1. The van der Waals surface area contributed by atoms with Gasteiger partial charge in [0.25, 0.3) is 0 Å². The van der Waals surface area contributed by atoms with Gasteiger partial charge in [-0.15, -0.1) is 0 Å². The second kappa shape index (κ2) is 8.31. The second-order valence-electron chi connectivity index (χ2n) is 8.21. The van der Waals surface area contributed by atoms with Gasteiger partial charge >= 0.3 is 5.97 Å². The number of hydrogen-bond donors (Lipinski definition) is 0. The molecule has 1 heterocycles. The summed E-state index contributed by atoms with van der Waals surface area (Å²) >= 11 is 0. The van der Waals surface area contributed by atoms with Crippen LogP contribution in [0.3, 0.4) is 0 Å². The summed E-state index contributed by atoms with van der Waals surface area (Å²) in [5, 5.41) is 0. The van der Waals surface area contributed by atoms with Crippen LogP contribution < -0.4 is 9.64 Å². The molecule has 0 aliphatic carbocycles. The summed E-state index contributed by atoms with van der Waals surface area (Å²) < 4.78 is 10.6. The molecule has 0 bridgehead atoms. The van der Waals surface area contributed by atoms with Gasteiger partial charge in [0.15, 0.2) is 0 Å². The van der Waals surface area contributed by atoms with Crippen molar-refractivity contribution in [3.8, 4) is 5.75 Å². The summed E-state index contributed by atoms with van der Waals surface area (Å²) in [6.45, 7) is 3.90. The van der Waals surface area contributed by atoms with Crippen LogP contribution in [-0.2, 0) is 9.53 Å². The van der Waals surface area contributed by atoms with Crippen molar-refractivity contribution in [2.45, 2.75) is 19.9 Å². The zero-order valence-corrected chi connectivity index (χ0v) is 18.3. The first-order valence-electron chi connectivity index (χ1n) is 10.3. The largest absolute Gasteiger partial charge is 0.497 e. The molecule has 1 atom stereocenters. The Morgan fingerprint density at radius 2 is 1.52 bits per heavy atom. The first kappa shape index (κ1) is 20.7.